The molecule has 2 aliphatic carbocycles. The Hall–Kier alpha value is -2.15. The van der Waals surface area contributed by atoms with Gasteiger partial charge >= 0.3 is 0 Å². The SMILES string of the molecule is Cc1ccccc1C=C1CC(C(C)(C)C)=CC(C(C)(C)C)C1.O=C1C=CCC=C1. The maximum Gasteiger partial charge on any atom is 0.178 e. The number of carbonyl (C=O) groups excluding carboxylic acids is 1. The molecule has 0 fully saturated rings. The van der Waals surface area contributed by atoms with E-state index in [2.05, 4.69) is 84.9 Å². The third-order valence-electron chi connectivity index (χ3n) is 5.76. The molecule has 1 unspecified atom stereocenters. The van der Waals surface area contributed by atoms with Crippen LogP contribution in [0.15, 0.2) is 65.8 Å². The van der Waals surface area contributed by atoms with Crippen molar-refractivity contribution in [3.05, 3.63) is 76.9 Å². The van der Waals surface area contributed by atoms with Crippen LogP contribution in [0.3, 0.4) is 0 Å². The van der Waals surface area contributed by atoms with E-state index in [4.69, 9.17) is 0 Å². The van der Waals surface area contributed by atoms with E-state index in [0.717, 1.165) is 12.8 Å². The molecule has 3 rings (SSSR count). The second-order valence-electron chi connectivity index (χ2n) is 10.4. The van der Waals surface area contributed by atoms with Gasteiger partial charge < -0.3 is 0 Å². The third-order valence-corrected chi connectivity index (χ3v) is 5.76. The van der Waals surface area contributed by atoms with Gasteiger partial charge in [0, 0.05) is 0 Å². The van der Waals surface area contributed by atoms with Crippen molar-refractivity contribution in [1.29, 1.82) is 0 Å². The zero-order valence-corrected chi connectivity index (χ0v) is 19.4. The minimum atomic E-state index is 0.103. The van der Waals surface area contributed by atoms with E-state index in [1.807, 2.05) is 12.2 Å². The van der Waals surface area contributed by atoms with E-state index < -0.39 is 0 Å². The van der Waals surface area contributed by atoms with Crippen molar-refractivity contribution in [2.45, 2.75) is 67.7 Å². The van der Waals surface area contributed by atoms with E-state index >= 15 is 0 Å². The Bertz CT molecular complexity index is 818. The monoisotopic (exact) mass is 390 g/mol. The van der Waals surface area contributed by atoms with Gasteiger partial charge in [-0.1, -0.05) is 101 Å². The minimum absolute atomic E-state index is 0.103. The summed E-state index contributed by atoms with van der Waals surface area (Å²) in [7, 11) is 0. The summed E-state index contributed by atoms with van der Waals surface area (Å²) >= 11 is 0. The van der Waals surface area contributed by atoms with Crippen molar-refractivity contribution < 1.29 is 4.79 Å². The quantitative estimate of drug-likeness (QED) is 0.446. The van der Waals surface area contributed by atoms with Crippen molar-refractivity contribution >= 4 is 11.9 Å². The summed E-state index contributed by atoms with van der Waals surface area (Å²) in [6, 6.07) is 8.71. The highest BCUT2D eigenvalue weighted by Crippen LogP contribution is 2.44. The number of hydrogen-bond donors (Lipinski definition) is 0. The van der Waals surface area contributed by atoms with Crippen molar-refractivity contribution in [2.75, 3.05) is 0 Å². The molecule has 0 spiro atoms. The van der Waals surface area contributed by atoms with Gasteiger partial charge in [-0.3, -0.25) is 4.79 Å². The Morgan fingerprint density at radius 1 is 0.966 bits per heavy atom. The van der Waals surface area contributed by atoms with Crippen molar-refractivity contribution in [3.8, 4) is 0 Å². The van der Waals surface area contributed by atoms with Crippen molar-refractivity contribution in [3.63, 3.8) is 0 Å². The average Bonchev–Trinajstić information content (AvgIpc) is 2.63. The molecule has 0 radical (unpaired) electrons. The summed E-state index contributed by atoms with van der Waals surface area (Å²) in [6.07, 6.45) is 15.1. The van der Waals surface area contributed by atoms with Crippen LogP contribution in [0.4, 0.5) is 0 Å². The van der Waals surface area contributed by atoms with Gasteiger partial charge in [-0.2, -0.15) is 0 Å². The second kappa shape index (κ2) is 9.57. The summed E-state index contributed by atoms with van der Waals surface area (Å²) in [5.74, 6) is 0.733. The molecule has 2 aliphatic rings. The summed E-state index contributed by atoms with van der Waals surface area (Å²) < 4.78 is 0. The highest BCUT2D eigenvalue weighted by Gasteiger charge is 2.31. The van der Waals surface area contributed by atoms with Crippen LogP contribution in [0.25, 0.3) is 6.08 Å². The molecule has 1 aromatic rings. The predicted molar refractivity (Wildman–Crippen MR) is 127 cm³/mol. The van der Waals surface area contributed by atoms with Crippen LogP contribution in [0.1, 0.15) is 71.9 Å². The maximum atomic E-state index is 10.3. The number of allylic oxidation sites excluding steroid dienone is 7. The topological polar surface area (TPSA) is 17.1 Å². The fraction of sp³-hybridized carbons (Fsp3) is 0.464. The lowest BCUT2D eigenvalue weighted by atomic mass is 9.68. The maximum absolute atomic E-state index is 10.3. The van der Waals surface area contributed by atoms with Crippen LogP contribution >= 0.6 is 0 Å². The molecule has 0 bridgehead atoms. The zero-order chi connectivity index (χ0) is 21.7. The normalized spacial score (nSPS) is 20.9. The molecule has 1 atom stereocenters. The first-order valence-corrected chi connectivity index (χ1v) is 10.8. The van der Waals surface area contributed by atoms with Gasteiger partial charge in [-0.25, -0.2) is 0 Å². The number of carbonyl (C=O) groups is 1. The summed E-state index contributed by atoms with van der Waals surface area (Å²) in [5, 5.41) is 0. The fourth-order valence-electron chi connectivity index (χ4n) is 3.61. The van der Waals surface area contributed by atoms with Gasteiger partial charge in [0.25, 0.3) is 0 Å². The molecule has 29 heavy (non-hydrogen) atoms. The van der Waals surface area contributed by atoms with Gasteiger partial charge in [-0.05, 0) is 66.2 Å². The second-order valence-corrected chi connectivity index (χ2v) is 10.4. The number of benzene rings is 1. The molecule has 0 amide bonds. The molecule has 0 heterocycles. The Labute approximate surface area is 178 Å². The largest absolute Gasteiger partial charge is 0.290 e. The summed E-state index contributed by atoms with van der Waals surface area (Å²) in [4.78, 5) is 10.3. The lowest BCUT2D eigenvalue weighted by molar-refractivity contribution is -0.110. The zero-order valence-electron chi connectivity index (χ0n) is 19.4. The van der Waals surface area contributed by atoms with Crippen LogP contribution < -0.4 is 0 Å². The first-order chi connectivity index (χ1) is 13.5. The van der Waals surface area contributed by atoms with Crippen LogP contribution in [-0.4, -0.2) is 5.78 Å². The molecule has 0 N–H and O–H groups in total. The molecular formula is C28H38O. The fourth-order valence-corrected chi connectivity index (χ4v) is 3.61. The molecule has 0 aromatic heterocycles. The van der Waals surface area contributed by atoms with E-state index in [0.29, 0.717) is 11.3 Å². The molecule has 1 aromatic carbocycles. The van der Waals surface area contributed by atoms with Gasteiger partial charge in [0.15, 0.2) is 5.78 Å². The Balaban J connectivity index is 0.000000360. The number of hydrogen-bond acceptors (Lipinski definition) is 1. The highest BCUT2D eigenvalue weighted by atomic mass is 16.1. The first-order valence-electron chi connectivity index (χ1n) is 10.8. The summed E-state index contributed by atoms with van der Waals surface area (Å²) in [6.45, 7) is 16.3. The molecule has 1 nitrogen and oxygen atoms in total. The van der Waals surface area contributed by atoms with Gasteiger partial charge in [-0.15, -0.1) is 0 Å². The number of rotatable bonds is 1. The van der Waals surface area contributed by atoms with Gasteiger partial charge in [0.05, 0.1) is 0 Å². The minimum Gasteiger partial charge on any atom is -0.290 e. The molecule has 1 heteroatoms. The number of aryl methyl sites for hydroxylation is 1. The molecule has 0 saturated heterocycles. The molecule has 0 aliphatic heterocycles. The van der Waals surface area contributed by atoms with Crippen LogP contribution in [0.5, 0.6) is 0 Å². The third kappa shape index (κ3) is 7.31. The van der Waals surface area contributed by atoms with E-state index in [-0.39, 0.29) is 11.2 Å². The van der Waals surface area contributed by atoms with E-state index in [1.165, 1.54) is 17.5 Å². The van der Waals surface area contributed by atoms with Crippen molar-refractivity contribution in [1.82, 2.24) is 0 Å². The Kier molecular flexibility index (Phi) is 7.63. The number of ketones is 1. The lowest BCUT2D eigenvalue weighted by Crippen LogP contribution is -2.25. The Morgan fingerprint density at radius 3 is 2.07 bits per heavy atom. The van der Waals surface area contributed by atoms with Crippen LogP contribution in [-0.2, 0) is 4.79 Å². The van der Waals surface area contributed by atoms with E-state index in [9.17, 15) is 4.79 Å². The van der Waals surface area contributed by atoms with Gasteiger partial charge in [0.2, 0.25) is 0 Å². The molecule has 0 saturated carbocycles. The van der Waals surface area contributed by atoms with Gasteiger partial charge in [0.1, 0.15) is 0 Å². The van der Waals surface area contributed by atoms with E-state index in [1.54, 1.807) is 23.3 Å². The van der Waals surface area contributed by atoms with Crippen molar-refractivity contribution in [2.24, 2.45) is 16.7 Å². The van der Waals surface area contributed by atoms with Crippen LogP contribution in [0.2, 0.25) is 0 Å². The summed E-state index contributed by atoms with van der Waals surface area (Å²) in [5.41, 5.74) is 6.51. The predicted octanol–water partition coefficient (Wildman–Crippen LogP) is 7.88. The molecular weight excluding hydrogens is 352 g/mol. The van der Waals surface area contributed by atoms with Crippen LogP contribution in [0, 0.1) is 23.7 Å². The smallest absolute Gasteiger partial charge is 0.178 e. The standard InChI is InChI=1S/C22H32.C6H6O/c1-16-10-8-9-11-18(16)12-17-13-19(21(2,3)4)15-20(14-17)22(5,6)7;7-6-4-2-1-3-5-6/h8-12,15,19H,13-14H2,1-7H3;2-5H,1H2. The molecule has 156 valence electrons. The highest BCUT2D eigenvalue weighted by molar-refractivity contribution is 5.99. The first kappa shape index (κ1) is 23.1. The Morgan fingerprint density at radius 2 is 1.59 bits per heavy atom. The average molecular weight is 391 g/mol. The lowest BCUT2D eigenvalue weighted by Gasteiger charge is -2.37.